The molecule has 0 unspecified atom stereocenters. The maximum Gasteiger partial charge on any atom is 0.211 e. The van der Waals surface area contributed by atoms with Gasteiger partial charge in [0.2, 0.25) is 5.78 Å². The van der Waals surface area contributed by atoms with E-state index in [-0.39, 0.29) is 11.6 Å². The standard InChI is InChI=1S/C16H9FN2OS/c17-11-7-5-10(6-8-11)15(20)13-9-18-16-19(13)12-3-1-2-4-14(12)21-16/h1-9H. The molecule has 0 atom stereocenters. The second-order valence-corrected chi connectivity index (χ2v) is 5.68. The lowest BCUT2D eigenvalue weighted by Gasteiger charge is -2.00. The van der Waals surface area contributed by atoms with Gasteiger partial charge in [-0.1, -0.05) is 23.5 Å². The summed E-state index contributed by atoms with van der Waals surface area (Å²) in [5.74, 6) is -0.517. The number of para-hydroxylation sites is 1. The van der Waals surface area contributed by atoms with Gasteiger partial charge in [-0.05, 0) is 36.4 Å². The molecule has 0 saturated carbocycles. The van der Waals surface area contributed by atoms with Gasteiger partial charge in [0.1, 0.15) is 11.5 Å². The zero-order chi connectivity index (χ0) is 14.4. The minimum Gasteiger partial charge on any atom is -0.287 e. The fraction of sp³-hybridized carbons (Fsp3) is 0. The van der Waals surface area contributed by atoms with Crippen LogP contribution in [0.3, 0.4) is 0 Å². The Kier molecular flexibility index (Phi) is 2.62. The molecule has 0 spiro atoms. The van der Waals surface area contributed by atoms with Gasteiger partial charge in [-0.3, -0.25) is 9.20 Å². The molecule has 4 rings (SSSR count). The molecule has 0 aliphatic heterocycles. The first-order valence-corrected chi connectivity index (χ1v) is 7.21. The molecule has 0 aliphatic carbocycles. The van der Waals surface area contributed by atoms with Crippen LogP contribution in [-0.4, -0.2) is 15.2 Å². The first-order valence-electron chi connectivity index (χ1n) is 6.39. The molecule has 0 radical (unpaired) electrons. The van der Waals surface area contributed by atoms with E-state index in [4.69, 9.17) is 0 Å². The normalized spacial score (nSPS) is 11.3. The van der Waals surface area contributed by atoms with E-state index < -0.39 is 0 Å². The Morgan fingerprint density at radius 3 is 2.67 bits per heavy atom. The number of hydrogen-bond acceptors (Lipinski definition) is 3. The van der Waals surface area contributed by atoms with Gasteiger partial charge >= 0.3 is 0 Å². The second kappa shape index (κ2) is 4.49. The van der Waals surface area contributed by atoms with Crippen LogP contribution in [0.1, 0.15) is 16.1 Å². The first kappa shape index (κ1) is 12.2. The number of nitrogens with zero attached hydrogens (tertiary/aromatic N) is 2. The van der Waals surface area contributed by atoms with Crippen LogP contribution in [0.5, 0.6) is 0 Å². The van der Waals surface area contributed by atoms with E-state index in [1.54, 1.807) is 6.20 Å². The largest absolute Gasteiger partial charge is 0.287 e. The summed E-state index contributed by atoms with van der Waals surface area (Å²) in [6.45, 7) is 0. The monoisotopic (exact) mass is 296 g/mol. The lowest BCUT2D eigenvalue weighted by atomic mass is 10.1. The van der Waals surface area contributed by atoms with E-state index in [1.165, 1.54) is 35.6 Å². The molecule has 0 aliphatic rings. The molecule has 21 heavy (non-hydrogen) atoms. The number of fused-ring (bicyclic) bond motifs is 3. The molecule has 2 heterocycles. The number of benzene rings is 2. The van der Waals surface area contributed by atoms with E-state index in [0.717, 1.165) is 15.2 Å². The van der Waals surface area contributed by atoms with Gasteiger partial charge in [0, 0.05) is 5.56 Å². The van der Waals surface area contributed by atoms with Crippen LogP contribution < -0.4 is 0 Å². The molecule has 0 N–H and O–H groups in total. The molecule has 0 bridgehead atoms. The van der Waals surface area contributed by atoms with Crippen LogP contribution in [0.4, 0.5) is 4.39 Å². The van der Waals surface area contributed by atoms with Gasteiger partial charge in [0.25, 0.3) is 0 Å². The van der Waals surface area contributed by atoms with Gasteiger partial charge < -0.3 is 0 Å². The predicted octanol–water partition coefficient (Wildman–Crippen LogP) is 3.92. The van der Waals surface area contributed by atoms with E-state index >= 15 is 0 Å². The number of carbonyl (C=O) groups excluding carboxylic acids is 1. The molecule has 2 aromatic carbocycles. The van der Waals surface area contributed by atoms with Crippen LogP contribution in [0, 0.1) is 5.82 Å². The Morgan fingerprint density at radius 2 is 1.86 bits per heavy atom. The molecule has 0 saturated heterocycles. The number of rotatable bonds is 2. The zero-order valence-corrected chi connectivity index (χ0v) is 11.6. The van der Waals surface area contributed by atoms with Crippen molar-refractivity contribution in [2.75, 3.05) is 0 Å². The third kappa shape index (κ3) is 1.86. The third-order valence-electron chi connectivity index (χ3n) is 3.38. The molecule has 3 nitrogen and oxygen atoms in total. The highest BCUT2D eigenvalue weighted by atomic mass is 32.1. The number of aromatic nitrogens is 2. The fourth-order valence-electron chi connectivity index (χ4n) is 2.38. The zero-order valence-electron chi connectivity index (χ0n) is 10.8. The summed E-state index contributed by atoms with van der Waals surface area (Å²) < 4.78 is 15.9. The van der Waals surface area contributed by atoms with Crippen molar-refractivity contribution in [1.29, 1.82) is 0 Å². The number of hydrogen-bond donors (Lipinski definition) is 0. The highest BCUT2D eigenvalue weighted by Gasteiger charge is 2.17. The summed E-state index contributed by atoms with van der Waals surface area (Å²) in [5, 5.41) is 0. The first-order chi connectivity index (χ1) is 10.2. The summed E-state index contributed by atoms with van der Waals surface area (Å²) in [4.78, 5) is 17.7. The number of halogens is 1. The van der Waals surface area contributed by atoms with Gasteiger partial charge in [0.15, 0.2) is 4.96 Å². The summed E-state index contributed by atoms with van der Waals surface area (Å²) in [6.07, 6.45) is 1.57. The summed E-state index contributed by atoms with van der Waals surface area (Å²) in [6, 6.07) is 13.4. The van der Waals surface area contributed by atoms with Crippen LogP contribution in [0.15, 0.2) is 54.7 Å². The summed E-state index contributed by atoms with van der Waals surface area (Å²) in [5.41, 5.74) is 1.91. The number of carbonyl (C=O) groups is 1. The SMILES string of the molecule is O=C(c1ccc(F)cc1)c1cnc2sc3ccccc3n12. The van der Waals surface area contributed by atoms with Crippen molar-refractivity contribution in [2.45, 2.75) is 0 Å². The van der Waals surface area contributed by atoms with E-state index in [1.807, 2.05) is 28.7 Å². The van der Waals surface area contributed by atoms with Crippen molar-refractivity contribution < 1.29 is 9.18 Å². The smallest absolute Gasteiger partial charge is 0.211 e. The molecular weight excluding hydrogens is 287 g/mol. The molecular formula is C16H9FN2OS. The average Bonchev–Trinajstić information content (AvgIpc) is 3.06. The van der Waals surface area contributed by atoms with Crippen LogP contribution in [0.2, 0.25) is 0 Å². The molecule has 0 fully saturated rings. The van der Waals surface area contributed by atoms with E-state index in [2.05, 4.69) is 4.98 Å². The second-order valence-electron chi connectivity index (χ2n) is 4.67. The Balaban J connectivity index is 1.93. The number of ketones is 1. The molecule has 4 aromatic rings. The number of imidazole rings is 1. The van der Waals surface area contributed by atoms with E-state index in [9.17, 15) is 9.18 Å². The lowest BCUT2D eigenvalue weighted by Crippen LogP contribution is -2.04. The van der Waals surface area contributed by atoms with Gasteiger partial charge in [-0.15, -0.1) is 0 Å². The molecule has 0 amide bonds. The van der Waals surface area contributed by atoms with Crippen molar-refractivity contribution >= 4 is 32.3 Å². The fourth-order valence-corrected chi connectivity index (χ4v) is 3.38. The summed E-state index contributed by atoms with van der Waals surface area (Å²) >= 11 is 1.54. The molecule has 102 valence electrons. The Labute approximate surface area is 123 Å². The van der Waals surface area contributed by atoms with Gasteiger partial charge in [-0.2, -0.15) is 0 Å². The van der Waals surface area contributed by atoms with Crippen molar-refractivity contribution in [3.05, 3.63) is 71.8 Å². The Bertz CT molecular complexity index is 969. The molecule has 5 heteroatoms. The van der Waals surface area contributed by atoms with Gasteiger partial charge in [-0.25, -0.2) is 9.37 Å². The maximum absolute atomic E-state index is 13.0. The number of thiazole rings is 1. The van der Waals surface area contributed by atoms with Crippen molar-refractivity contribution in [2.24, 2.45) is 0 Å². The van der Waals surface area contributed by atoms with Crippen LogP contribution in [-0.2, 0) is 0 Å². The topological polar surface area (TPSA) is 34.4 Å². The van der Waals surface area contributed by atoms with Crippen molar-refractivity contribution in [3.63, 3.8) is 0 Å². The van der Waals surface area contributed by atoms with E-state index in [0.29, 0.717) is 11.3 Å². The Hall–Kier alpha value is -2.53. The minimum atomic E-state index is -0.356. The minimum absolute atomic E-state index is 0.161. The van der Waals surface area contributed by atoms with Crippen molar-refractivity contribution in [1.82, 2.24) is 9.38 Å². The van der Waals surface area contributed by atoms with Gasteiger partial charge in [0.05, 0.1) is 16.4 Å². The quantitative estimate of drug-likeness (QED) is 0.525. The van der Waals surface area contributed by atoms with Crippen molar-refractivity contribution in [3.8, 4) is 0 Å². The maximum atomic E-state index is 13.0. The lowest BCUT2D eigenvalue weighted by molar-refractivity contribution is 0.103. The highest BCUT2D eigenvalue weighted by Crippen LogP contribution is 2.27. The third-order valence-corrected chi connectivity index (χ3v) is 4.41. The molecule has 2 aromatic heterocycles. The van der Waals surface area contributed by atoms with Crippen LogP contribution in [0.25, 0.3) is 15.2 Å². The Morgan fingerprint density at radius 1 is 1.10 bits per heavy atom. The van der Waals surface area contributed by atoms with Crippen LogP contribution >= 0.6 is 11.3 Å². The predicted molar refractivity (Wildman–Crippen MR) is 80.4 cm³/mol. The highest BCUT2D eigenvalue weighted by molar-refractivity contribution is 7.23. The average molecular weight is 296 g/mol. The summed E-state index contributed by atoms with van der Waals surface area (Å²) in [7, 11) is 0.